The van der Waals surface area contributed by atoms with E-state index in [9.17, 15) is 4.79 Å². The van der Waals surface area contributed by atoms with Crippen molar-refractivity contribution < 1.29 is 23.7 Å². The molecule has 0 N–H and O–H groups in total. The third-order valence-electron chi connectivity index (χ3n) is 4.46. The molecule has 5 nitrogen and oxygen atoms in total. The normalized spacial score (nSPS) is 33.1. The van der Waals surface area contributed by atoms with Gasteiger partial charge in [-0.1, -0.05) is 0 Å². The molecular weight excluding hydrogens is 236 g/mol. The molecule has 3 rings (SSSR count). The SMILES string of the molecule is COC(=O)C1CCC2(CCC3(CC2)OCCO3)O1. The van der Waals surface area contributed by atoms with E-state index in [4.69, 9.17) is 18.9 Å². The number of carbonyl (C=O) groups excluding carboxylic acids is 1. The van der Waals surface area contributed by atoms with Crippen LogP contribution in [0, 0.1) is 0 Å². The minimum Gasteiger partial charge on any atom is -0.467 e. The van der Waals surface area contributed by atoms with Crippen molar-refractivity contribution in [1.29, 1.82) is 0 Å². The minimum atomic E-state index is -0.380. The van der Waals surface area contributed by atoms with E-state index in [0.29, 0.717) is 13.2 Å². The molecule has 5 heteroatoms. The van der Waals surface area contributed by atoms with Gasteiger partial charge >= 0.3 is 5.97 Å². The standard InChI is InChI=1S/C13H20O5/c1-15-11(14)10-2-3-12(18-10)4-6-13(7-5-12)16-8-9-17-13/h10H,2-9H2,1H3. The Bertz CT molecular complexity index is 324. The Morgan fingerprint density at radius 1 is 1.11 bits per heavy atom. The first kappa shape index (κ1) is 12.4. The fraction of sp³-hybridized carbons (Fsp3) is 0.923. The van der Waals surface area contributed by atoms with Crippen LogP contribution in [0.2, 0.25) is 0 Å². The molecule has 0 bridgehead atoms. The first-order valence-corrected chi connectivity index (χ1v) is 6.71. The summed E-state index contributed by atoms with van der Waals surface area (Å²) in [7, 11) is 1.41. The summed E-state index contributed by atoms with van der Waals surface area (Å²) in [5.41, 5.74) is -0.153. The van der Waals surface area contributed by atoms with E-state index in [1.807, 2.05) is 0 Å². The second-order valence-electron chi connectivity index (χ2n) is 5.46. The molecule has 3 aliphatic rings. The van der Waals surface area contributed by atoms with Gasteiger partial charge in [0.15, 0.2) is 11.9 Å². The molecule has 1 aliphatic carbocycles. The van der Waals surface area contributed by atoms with E-state index in [1.54, 1.807) is 0 Å². The van der Waals surface area contributed by atoms with Gasteiger partial charge in [0.25, 0.3) is 0 Å². The van der Waals surface area contributed by atoms with Crippen molar-refractivity contribution in [2.24, 2.45) is 0 Å². The van der Waals surface area contributed by atoms with Gasteiger partial charge in [-0.2, -0.15) is 0 Å². The molecule has 2 aliphatic heterocycles. The third-order valence-corrected chi connectivity index (χ3v) is 4.46. The molecule has 1 atom stereocenters. The summed E-state index contributed by atoms with van der Waals surface area (Å²) in [6.45, 7) is 1.39. The first-order chi connectivity index (χ1) is 8.67. The van der Waals surface area contributed by atoms with Crippen LogP contribution in [-0.2, 0) is 23.7 Å². The lowest BCUT2D eigenvalue weighted by molar-refractivity contribution is -0.209. The average Bonchev–Trinajstić information content (AvgIpc) is 3.01. The Hall–Kier alpha value is -0.650. The van der Waals surface area contributed by atoms with Crippen molar-refractivity contribution in [1.82, 2.24) is 0 Å². The van der Waals surface area contributed by atoms with Crippen LogP contribution >= 0.6 is 0 Å². The van der Waals surface area contributed by atoms with Crippen molar-refractivity contribution in [3.05, 3.63) is 0 Å². The van der Waals surface area contributed by atoms with Crippen LogP contribution in [0.25, 0.3) is 0 Å². The first-order valence-electron chi connectivity index (χ1n) is 6.71. The van der Waals surface area contributed by atoms with Crippen molar-refractivity contribution >= 4 is 5.97 Å². The molecule has 18 heavy (non-hydrogen) atoms. The van der Waals surface area contributed by atoms with Gasteiger partial charge in [-0.3, -0.25) is 0 Å². The number of carbonyl (C=O) groups is 1. The molecule has 0 aromatic rings. The Labute approximate surface area is 107 Å². The highest BCUT2D eigenvalue weighted by Gasteiger charge is 2.51. The van der Waals surface area contributed by atoms with Crippen molar-refractivity contribution in [2.75, 3.05) is 20.3 Å². The number of hydrogen-bond acceptors (Lipinski definition) is 5. The number of ether oxygens (including phenoxy) is 4. The van der Waals surface area contributed by atoms with Gasteiger partial charge in [0.05, 0.1) is 25.9 Å². The van der Waals surface area contributed by atoms with Gasteiger partial charge in [0.1, 0.15) is 0 Å². The van der Waals surface area contributed by atoms with Gasteiger partial charge in [-0.05, 0) is 25.7 Å². The maximum Gasteiger partial charge on any atom is 0.335 e. The maximum absolute atomic E-state index is 11.5. The molecule has 102 valence electrons. The third kappa shape index (κ3) is 2.04. The van der Waals surface area contributed by atoms with Crippen LogP contribution in [0.4, 0.5) is 0 Å². The Morgan fingerprint density at radius 3 is 2.39 bits per heavy atom. The number of methoxy groups -OCH3 is 1. The van der Waals surface area contributed by atoms with E-state index in [-0.39, 0.29) is 23.5 Å². The zero-order valence-electron chi connectivity index (χ0n) is 10.8. The predicted molar refractivity (Wildman–Crippen MR) is 62.0 cm³/mol. The van der Waals surface area contributed by atoms with E-state index in [1.165, 1.54) is 7.11 Å². The summed E-state index contributed by atoms with van der Waals surface area (Å²) in [5, 5.41) is 0. The highest BCUT2D eigenvalue weighted by Crippen LogP contribution is 2.47. The van der Waals surface area contributed by atoms with Gasteiger partial charge in [0, 0.05) is 12.8 Å². The summed E-state index contributed by atoms with van der Waals surface area (Å²) < 4.78 is 22.1. The van der Waals surface area contributed by atoms with Crippen LogP contribution in [-0.4, -0.2) is 43.8 Å². The molecule has 3 fully saturated rings. The molecular formula is C13H20O5. The molecule has 1 saturated carbocycles. The summed E-state index contributed by atoms with van der Waals surface area (Å²) in [5.74, 6) is -0.613. The largest absolute Gasteiger partial charge is 0.467 e. The zero-order chi connectivity index (χ0) is 12.6. The van der Waals surface area contributed by atoms with Crippen molar-refractivity contribution in [2.45, 2.75) is 56.0 Å². The van der Waals surface area contributed by atoms with Gasteiger partial charge in [-0.15, -0.1) is 0 Å². The topological polar surface area (TPSA) is 54.0 Å². The fourth-order valence-corrected chi connectivity index (χ4v) is 3.35. The molecule has 1 unspecified atom stereocenters. The van der Waals surface area contributed by atoms with Crippen LogP contribution in [0.5, 0.6) is 0 Å². The lowest BCUT2D eigenvalue weighted by Gasteiger charge is -2.41. The molecule has 0 aromatic heterocycles. The van der Waals surface area contributed by atoms with E-state index in [0.717, 1.165) is 38.5 Å². The molecule has 2 spiro atoms. The zero-order valence-corrected chi connectivity index (χ0v) is 10.8. The van der Waals surface area contributed by atoms with Gasteiger partial charge < -0.3 is 18.9 Å². The van der Waals surface area contributed by atoms with Gasteiger partial charge in [-0.25, -0.2) is 4.79 Å². The predicted octanol–water partition coefficient (Wildman–Crippen LogP) is 1.39. The van der Waals surface area contributed by atoms with Crippen LogP contribution < -0.4 is 0 Å². The van der Waals surface area contributed by atoms with Crippen molar-refractivity contribution in [3.63, 3.8) is 0 Å². The molecule has 0 radical (unpaired) electrons. The van der Waals surface area contributed by atoms with E-state index in [2.05, 4.69) is 0 Å². The fourth-order valence-electron chi connectivity index (χ4n) is 3.35. The van der Waals surface area contributed by atoms with Gasteiger partial charge in [0.2, 0.25) is 0 Å². The smallest absolute Gasteiger partial charge is 0.335 e. The number of rotatable bonds is 1. The second-order valence-corrected chi connectivity index (χ2v) is 5.46. The quantitative estimate of drug-likeness (QED) is 0.664. The van der Waals surface area contributed by atoms with Crippen LogP contribution in [0.15, 0.2) is 0 Å². The minimum absolute atomic E-state index is 0.153. The highest BCUT2D eigenvalue weighted by atomic mass is 16.7. The maximum atomic E-state index is 11.5. The average molecular weight is 256 g/mol. The van der Waals surface area contributed by atoms with Crippen LogP contribution in [0.1, 0.15) is 38.5 Å². The molecule has 2 heterocycles. The summed E-state index contributed by atoms with van der Waals surface area (Å²) in [4.78, 5) is 11.5. The Kier molecular flexibility index (Phi) is 3.08. The molecule has 0 aromatic carbocycles. The highest BCUT2D eigenvalue weighted by molar-refractivity contribution is 5.74. The Morgan fingerprint density at radius 2 is 1.78 bits per heavy atom. The van der Waals surface area contributed by atoms with E-state index < -0.39 is 0 Å². The monoisotopic (exact) mass is 256 g/mol. The van der Waals surface area contributed by atoms with E-state index >= 15 is 0 Å². The summed E-state index contributed by atoms with van der Waals surface area (Å²) in [6, 6.07) is 0. The number of esters is 1. The lowest BCUT2D eigenvalue weighted by atomic mass is 9.79. The van der Waals surface area contributed by atoms with Crippen molar-refractivity contribution in [3.8, 4) is 0 Å². The lowest BCUT2D eigenvalue weighted by Crippen LogP contribution is -2.44. The van der Waals surface area contributed by atoms with Crippen LogP contribution in [0.3, 0.4) is 0 Å². The molecule has 0 amide bonds. The molecule has 2 saturated heterocycles. The Balaban J connectivity index is 1.60. The number of hydrogen-bond donors (Lipinski definition) is 0. The summed E-state index contributed by atoms with van der Waals surface area (Å²) >= 11 is 0. The summed E-state index contributed by atoms with van der Waals surface area (Å²) in [6.07, 6.45) is 4.85. The second kappa shape index (κ2) is 4.47.